The van der Waals surface area contributed by atoms with Gasteiger partial charge in [0, 0.05) is 24.7 Å². The predicted octanol–water partition coefficient (Wildman–Crippen LogP) is 2.81. The maximum Gasteiger partial charge on any atom is 0.266 e. The van der Waals surface area contributed by atoms with E-state index < -0.39 is 5.60 Å². The molecule has 0 amide bonds. The molecule has 1 aromatic heterocycles. The molecule has 144 valence electrons. The van der Waals surface area contributed by atoms with E-state index in [2.05, 4.69) is 41.2 Å². The van der Waals surface area contributed by atoms with Gasteiger partial charge in [-0.05, 0) is 56.7 Å². The van der Waals surface area contributed by atoms with Crippen molar-refractivity contribution in [1.82, 2.24) is 14.7 Å². The molecule has 2 bridgehead atoms. The smallest absolute Gasteiger partial charge is 0.266 e. The molecule has 2 aromatic rings. The molecule has 5 heteroatoms. The topological polar surface area (TPSA) is 58.4 Å². The van der Waals surface area contributed by atoms with Gasteiger partial charge in [0.15, 0.2) is 0 Å². The minimum absolute atomic E-state index is 0.137. The Morgan fingerprint density at radius 2 is 1.81 bits per heavy atom. The number of aryl methyl sites for hydroxylation is 2. The van der Waals surface area contributed by atoms with Gasteiger partial charge >= 0.3 is 0 Å². The van der Waals surface area contributed by atoms with E-state index in [0.717, 1.165) is 25.1 Å². The van der Waals surface area contributed by atoms with Gasteiger partial charge in [-0.1, -0.05) is 30.7 Å². The molecule has 0 saturated carbocycles. The summed E-state index contributed by atoms with van der Waals surface area (Å²) in [5.74, 6) is 0. The Morgan fingerprint density at radius 3 is 2.52 bits per heavy atom. The quantitative estimate of drug-likeness (QED) is 0.903. The van der Waals surface area contributed by atoms with Gasteiger partial charge in [0.25, 0.3) is 5.56 Å². The normalized spacial score (nSPS) is 28.3. The van der Waals surface area contributed by atoms with Gasteiger partial charge in [0.2, 0.25) is 0 Å². The monoisotopic (exact) mass is 367 g/mol. The first-order valence-corrected chi connectivity index (χ1v) is 10.0. The number of fused-ring (bicyclic) bond motifs is 2. The predicted molar refractivity (Wildman–Crippen MR) is 106 cm³/mol. The molecule has 4 rings (SSSR count). The van der Waals surface area contributed by atoms with Gasteiger partial charge in [-0.25, -0.2) is 4.68 Å². The van der Waals surface area contributed by atoms with E-state index in [-0.39, 0.29) is 5.56 Å². The molecule has 2 aliphatic heterocycles. The van der Waals surface area contributed by atoms with Crippen LogP contribution in [-0.2, 0) is 13.1 Å². The standard InChI is InChI=1S/C22H29N3O2/c1-16-6-3-4-7-18(16)14-24-19-8-5-9-20(24)13-22(27,12-19)15-25-21(26)11-10-17(2)23-25/h3-4,6-7,10-11,19-20,27H,5,8-9,12-15H2,1-2H3/t19-,20-/m1/s1. The molecule has 1 N–H and O–H groups in total. The molecule has 0 unspecified atom stereocenters. The minimum Gasteiger partial charge on any atom is -0.388 e. The molecule has 0 aliphatic carbocycles. The molecule has 2 saturated heterocycles. The SMILES string of the molecule is Cc1ccc(=O)n(CC2(O)C[C@H]3CCC[C@H](C2)N3Cc2ccccc2C)n1. The molecular weight excluding hydrogens is 338 g/mol. The maximum absolute atomic E-state index is 12.2. The molecule has 27 heavy (non-hydrogen) atoms. The van der Waals surface area contributed by atoms with E-state index in [1.165, 1.54) is 22.2 Å². The lowest BCUT2D eigenvalue weighted by Crippen LogP contribution is -2.59. The fourth-order valence-corrected chi connectivity index (χ4v) is 4.93. The van der Waals surface area contributed by atoms with Crippen molar-refractivity contribution in [2.75, 3.05) is 0 Å². The van der Waals surface area contributed by atoms with Crippen LogP contribution in [0, 0.1) is 13.8 Å². The Kier molecular flexibility index (Phi) is 4.91. The summed E-state index contributed by atoms with van der Waals surface area (Å²) in [6.07, 6.45) is 4.86. The zero-order chi connectivity index (χ0) is 19.0. The van der Waals surface area contributed by atoms with Crippen molar-refractivity contribution in [2.45, 2.75) is 76.7 Å². The van der Waals surface area contributed by atoms with Crippen LogP contribution in [0.5, 0.6) is 0 Å². The number of nitrogens with zero attached hydrogens (tertiary/aromatic N) is 3. The Labute approximate surface area is 160 Å². The summed E-state index contributed by atoms with van der Waals surface area (Å²) in [4.78, 5) is 14.7. The van der Waals surface area contributed by atoms with Crippen molar-refractivity contribution < 1.29 is 5.11 Å². The van der Waals surface area contributed by atoms with Crippen LogP contribution in [-0.4, -0.2) is 37.5 Å². The van der Waals surface area contributed by atoms with Gasteiger partial charge < -0.3 is 5.11 Å². The van der Waals surface area contributed by atoms with Crippen molar-refractivity contribution >= 4 is 0 Å². The summed E-state index contributed by atoms with van der Waals surface area (Å²) in [5, 5.41) is 15.7. The van der Waals surface area contributed by atoms with Crippen LogP contribution in [0.15, 0.2) is 41.2 Å². The Bertz CT molecular complexity index is 862. The van der Waals surface area contributed by atoms with Crippen LogP contribution in [0.1, 0.15) is 48.9 Å². The van der Waals surface area contributed by atoms with Gasteiger partial charge in [-0.15, -0.1) is 0 Å². The summed E-state index contributed by atoms with van der Waals surface area (Å²) in [6, 6.07) is 12.6. The number of aromatic nitrogens is 2. The van der Waals surface area contributed by atoms with E-state index >= 15 is 0 Å². The van der Waals surface area contributed by atoms with Crippen LogP contribution in [0.25, 0.3) is 0 Å². The lowest BCUT2D eigenvalue weighted by Gasteiger charge is -2.52. The van der Waals surface area contributed by atoms with Gasteiger partial charge in [-0.2, -0.15) is 5.10 Å². The third-order valence-corrected chi connectivity index (χ3v) is 6.30. The second-order valence-corrected chi connectivity index (χ2v) is 8.44. The zero-order valence-electron chi connectivity index (χ0n) is 16.3. The van der Waals surface area contributed by atoms with E-state index in [1.54, 1.807) is 12.1 Å². The van der Waals surface area contributed by atoms with Crippen LogP contribution < -0.4 is 5.56 Å². The number of rotatable bonds is 4. The molecular formula is C22H29N3O2. The lowest BCUT2D eigenvalue weighted by molar-refractivity contribution is -0.105. The van der Waals surface area contributed by atoms with Crippen LogP contribution in [0.4, 0.5) is 0 Å². The first kappa shape index (κ1) is 18.4. The highest BCUT2D eigenvalue weighted by Gasteiger charge is 2.45. The molecule has 2 aliphatic rings. The second-order valence-electron chi connectivity index (χ2n) is 8.44. The van der Waals surface area contributed by atoms with Gasteiger partial charge in [0.1, 0.15) is 0 Å². The number of hydrogen-bond acceptors (Lipinski definition) is 4. The lowest BCUT2D eigenvalue weighted by atomic mass is 9.75. The number of hydrogen-bond donors (Lipinski definition) is 1. The van der Waals surface area contributed by atoms with Gasteiger partial charge in [0.05, 0.1) is 17.8 Å². The average Bonchev–Trinajstić information content (AvgIpc) is 2.61. The zero-order valence-corrected chi connectivity index (χ0v) is 16.3. The first-order valence-electron chi connectivity index (χ1n) is 10.0. The summed E-state index contributed by atoms with van der Waals surface area (Å²) in [5.41, 5.74) is 2.50. The second kappa shape index (κ2) is 7.21. The third-order valence-electron chi connectivity index (χ3n) is 6.30. The van der Waals surface area contributed by atoms with Crippen LogP contribution in [0.3, 0.4) is 0 Å². The van der Waals surface area contributed by atoms with Crippen LogP contribution in [0.2, 0.25) is 0 Å². The van der Waals surface area contributed by atoms with E-state index in [1.807, 2.05) is 6.92 Å². The Balaban J connectivity index is 1.54. The van der Waals surface area contributed by atoms with Crippen LogP contribution >= 0.6 is 0 Å². The average molecular weight is 367 g/mol. The highest BCUT2D eigenvalue weighted by atomic mass is 16.3. The highest BCUT2D eigenvalue weighted by Crippen LogP contribution is 2.40. The molecule has 2 atom stereocenters. The molecule has 0 spiro atoms. The number of benzene rings is 1. The molecule has 5 nitrogen and oxygen atoms in total. The molecule has 3 heterocycles. The van der Waals surface area contributed by atoms with Crippen molar-refractivity contribution in [2.24, 2.45) is 0 Å². The minimum atomic E-state index is -0.859. The largest absolute Gasteiger partial charge is 0.388 e. The van der Waals surface area contributed by atoms with Crippen molar-refractivity contribution in [3.63, 3.8) is 0 Å². The maximum atomic E-state index is 12.2. The van der Waals surface area contributed by atoms with E-state index in [0.29, 0.717) is 31.5 Å². The van der Waals surface area contributed by atoms with Crippen molar-refractivity contribution in [1.29, 1.82) is 0 Å². The summed E-state index contributed by atoms with van der Waals surface area (Å²) in [7, 11) is 0. The Morgan fingerprint density at radius 1 is 1.11 bits per heavy atom. The summed E-state index contributed by atoms with van der Waals surface area (Å²) < 4.78 is 1.45. The van der Waals surface area contributed by atoms with Gasteiger partial charge in [-0.3, -0.25) is 9.69 Å². The third kappa shape index (κ3) is 3.85. The van der Waals surface area contributed by atoms with E-state index in [9.17, 15) is 9.90 Å². The fourth-order valence-electron chi connectivity index (χ4n) is 4.93. The molecule has 0 radical (unpaired) electrons. The van der Waals surface area contributed by atoms with Crippen molar-refractivity contribution in [3.05, 3.63) is 63.6 Å². The first-order chi connectivity index (χ1) is 12.9. The number of piperidine rings is 2. The molecule has 1 aromatic carbocycles. The molecule has 2 fully saturated rings. The number of aliphatic hydroxyl groups is 1. The van der Waals surface area contributed by atoms with E-state index in [4.69, 9.17) is 0 Å². The van der Waals surface area contributed by atoms with Crippen molar-refractivity contribution in [3.8, 4) is 0 Å². The Hall–Kier alpha value is -1.98. The fraction of sp³-hybridized carbons (Fsp3) is 0.545. The summed E-state index contributed by atoms with van der Waals surface area (Å²) >= 11 is 0. The summed E-state index contributed by atoms with van der Waals surface area (Å²) in [6.45, 7) is 5.28. The highest BCUT2D eigenvalue weighted by molar-refractivity contribution is 5.26.